The third kappa shape index (κ3) is 3.68. The van der Waals surface area contributed by atoms with Gasteiger partial charge in [-0.05, 0) is 54.5 Å². The predicted octanol–water partition coefficient (Wildman–Crippen LogP) is 6.11. The molecule has 1 aliphatic carbocycles. The van der Waals surface area contributed by atoms with Crippen LogP contribution in [0.15, 0.2) is 60.7 Å². The molecule has 2 nitrogen and oxygen atoms in total. The van der Waals surface area contributed by atoms with Crippen LogP contribution < -0.4 is 4.74 Å². The standard InChI is InChI=1S/C23H25NO/c1-17(18-6-2-3-7-18)19-11-14-22(15-12-19)25-16-21-13-10-20-8-4-5-9-23(20)24-21/h4-5,8-15,17-18H,2-3,6-7,16H2,1H3/t17-/m1/s1. The molecule has 0 radical (unpaired) electrons. The summed E-state index contributed by atoms with van der Waals surface area (Å²) in [7, 11) is 0. The molecule has 0 amide bonds. The molecule has 0 unspecified atom stereocenters. The summed E-state index contributed by atoms with van der Waals surface area (Å²) in [5, 5.41) is 1.16. The Kier molecular flexibility index (Phi) is 4.69. The molecule has 1 aliphatic rings. The largest absolute Gasteiger partial charge is 0.487 e. The minimum Gasteiger partial charge on any atom is -0.487 e. The Hall–Kier alpha value is -2.35. The van der Waals surface area contributed by atoms with Crippen molar-refractivity contribution < 1.29 is 4.74 Å². The van der Waals surface area contributed by atoms with Crippen LogP contribution in [0.1, 0.15) is 49.8 Å². The van der Waals surface area contributed by atoms with Crippen LogP contribution in [0, 0.1) is 5.92 Å². The van der Waals surface area contributed by atoms with Crippen molar-refractivity contribution in [1.82, 2.24) is 4.98 Å². The van der Waals surface area contributed by atoms with Gasteiger partial charge in [-0.3, -0.25) is 0 Å². The van der Waals surface area contributed by atoms with E-state index in [-0.39, 0.29) is 0 Å². The number of aromatic nitrogens is 1. The number of pyridine rings is 1. The van der Waals surface area contributed by atoms with E-state index in [1.54, 1.807) is 0 Å². The molecule has 4 rings (SSSR count). The highest BCUT2D eigenvalue weighted by atomic mass is 16.5. The molecule has 0 N–H and O–H groups in total. The van der Waals surface area contributed by atoms with E-state index in [9.17, 15) is 0 Å². The van der Waals surface area contributed by atoms with E-state index < -0.39 is 0 Å². The lowest BCUT2D eigenvalue weighted by Crippen LogP contribution is -2.05. The van der Waals surface area contributed by atoms with Crippen LogP contribution in [0.3, 0.4) is 0 Å². The second-order valence-electron chi connectivity index (χ2n) is 7.19. The lowest BCUT2D eigenvalue weighted by Gasteiger charge is -2.19. The summed E-state index contributed by atoms with van der Waals surface area (Å²) in [4.78, 5) is 4.66. The molecule has 1 fully saturated rings. The summed E-state index contributed by atoms with van der Waals surface area (Å²) in [5.74, 6) is 2.42. The zero-order valence-corrected chi connectivity index (χ0v) is 14.8. The van der Waals surface area contributed by atoms with Gasteiger partial charge in [-0.1, -0.05) is 56.2 Å². The third-order valence-electron chi connectivity index (χ3n) is 5.56. The summed E-state index contributed by atoms with van der Waals surface area (Å²) in [6.45, 7) is 2.87. The summed E-state index contributed by atoms with van der Waals surface area (Å²) in [6.07, 6.45) is 5.56. The highest BCUT2D eigenvalue weighted by Gasteiger charge is 2.22. The maximum absolute atomic E-state index is 5.94. The molecule has 25 heavy (non-hydrogen) atoms. The summed E-state index contributed by atoms with van der Waals surface area (Å²) >= 11 is 0. The lowest BCUT2D eigenvalue weighted by molar-refractivity contribution is 0.301. The SMILES string of the molecule is C[C@@H](c1ccc(OCc2ccc3ccccc3n2)cc1)C1CCCC1. The van der Waals surface area contributed by atoms with Crippen molar-refractivity contribution in [2.75, 3.05) is 0 Å². The summed E-state index contributed by atoms with van der Waals surface area (Å²) in [6, 6.07) is 21.0. The first-order valence-corrected chi connectivity index (χ1v) is 9.37. The van der Waals surface area contributed by atoms with Gasteiger partial charge in [0.25, 0.3) is 0 Å². The van der Waals surface area contributed by atoms with Crippen molar-refractivity contribution >= 4 is 10.9 Å². The average Bonchev–Trinajstić information content (AvgIpc) is 3.21. The average molecular weight is 331 g/mol. The lowest BCUT2D eigenvalue weighted by atomic mass is 9.86. The molecule has 2 heteroatoms. The van der Waals surface area contributed by atoms with Gasteiger partial charge in [0.05, 0.1) is 11.2 Å². The van der Waals surface area contributed by atoms with Gasteiger partial charge in [-0.25, -0.2) is 4.98 Å². The first-order valence-electron chi connectivity index (χ1n) is 9.37. The van der Waals surface area contributed by atoms with Crippen LogP contribution in [0.25, 0.3) is 10.9 Å². The molecule has 0 saturated heterocycles. The van der Waals surface area contributed by atoms with Gasteiger partial charge >= 0.3 is 0 Å². The second-order valence-corrected chi connectivity index (χ2v) is 7.19. The zero-order chi connectivity index (χ0) is 17.1. The zero-order valence-electron chi connectivity index (χ0n) is 14.8. The van der Waals surface area contributed by atoms with E-state index in [2.05, 4.69) is 48.3 Å². The van der Waals surface area contributed by atoms with E-state index in [0.717, 1.165) is 28.3 Å². The van der Waals surface area contributed by atoms with E-state index in [1.807, 2.05) is 24.3 Å². The van der Waals surface area contributed by atoms with Crippen LogP contribution >= 0.6 is 0 Å². The number of benzene rings is 2. The fraction of sp³-hybridized carbons (Fsp3) is 0.348. The molecular formula is C23H25NO. The quantitative estimate of drug-likeness (QED) is 0.563. The van der Waals surface area contributed by atoms with Gasteiger partial charge in [0.2, 0.25) is 0 Å². The van der Waals surface area contributed by atoms with Crippen molar-refractivity contribution in [3.05, 3.63) is 71.9 Å². The second kappa shape index (κ2) is 7.26. The van der Waals surface area contributed by atoms with Crippen molar-refractivity contribution in [3.8, 4) is 5.75 Å². The number of ether oxygens (including phenoxy) is 1. The van der Waals surface area contributed by atoms with E-state index in [0.29, 0.717) is 12.5 Å². The van der Waals surface area contributed by atoms with Crippen LogP contribution in [0.4, 0.5) is 0 Å². The van der Waals surface area contributed by atoms with Gasteiger partial charge in [0, 0.05) is 5.39 Å². The highest BCUT2D eigenvalue weighted by Crippen LogP contribution is 2.37. The van der Waals surface area contributed by atoms with E-state index >= 15 is 0 Å². The Labute approximate surface area is 149 Å². The molecule has 0 bridgehead atoms. The molecule has 3 aromatic rings. The molecule has 2 aromatic carbocycles. The number of rotatable bonds is 5. The van der Waals surface area contributed by atoms with Gasteiger partial charge in [0.1, 0.15) is 12.4 Å². The van der Waals surface area contributed by atoms with E-state index in [1.165, 1.54) is 31.2 Å². The topological polar surface area (TPSA) is 22.1 Å². The maximum Gasteiger partial charge on any atom is 0.130 e. The highest BCUT2D eigenvalue weighted by molar-refractivity contribution is 5.78. The fourth-order valence-electron chi connectivity index (χ4n) is 3.94. The Morgan fingerprint density at radius 3 is 2.52 bits per heavy atom. The third-order valence-corrected chi connectivity index (χ3v) is 5.56. The Morgan fingerprint density at radius 1 is 0.960 bits per heavy atom. The Balaban J connectivity index is 1.40. The fourth-order valence-corrected chi connectivity index (χ4v) is 3.94. The monoisotopic (exact) mass is 331 g/mol. The predicted molar refractivity (Wildman–Crippen MR) is 103 cm³/mol. The van der Waals surface area contributed by atoms with Crippen LogP contribution in [0.2, 0.25) is 0 Å². The molecule has 1 aromatic heterocycles. The van der Waals surface area contributed by atoms with Crippen molar-refractivity contribution in [2.24, 2.45) is 5.92 Å². The first kappa shape index (κ1) is 16.1. The van der Waals surface area contributed by atoms with Crippen molar-refractivity contribution in [3.63, 3.8) is 0 Å². The summed E-state index contributed by atoms with van der Waals surface area (Å²) in [5.41, 5.74) is 3.41. The molecule has 0 spiro atoms. The number of para-hydroxylation sites is 1. The summed E-state index contributed by atoms with van der Waals surface area (Å²) < 4.78 is 5.94. The molecule has 1 heterocycles. The molecule has 128 valence electrons. The van der Waals surface area contributed by atoms with Crippen molar-refractivity contribution in [2.45, 2.75) is 45.1 Å². The molecule has 1 saturated carbocycles. The van der Waals surface area contributed by atoms with Gasteiger partial charge in [-0.2, -0.15) is 0 Å². The molecular weight excluding hydrogens is 306 g/mol. The molecule has 1 atom stereocenters. The van der Waals surface area contributed by atoms with Gasteiger partial charge in [-0.15, -0.1) is 0 Å². The minimum atomic E-state index is 0.502. The number of hydrogen-bond acceptors (Lipinski definition) is 2. The van der Waals surface area contributed by atoms with E-state index in [4.69, 9.17) is 4.74 Å². The smallest absolute Gasteiger partial charge is 0.130 e. The number of nitrogens with zero attached hydrogens (tertiary/aromatic N) is 1. The van der Waals surface area contributed by atoms with Crippen LogP contribution in [0.5, 0.6) is 5.75 Å². The van der Waals surface area contributed by atoms with Crippen LogP contribution in [-0.2, 0) is 6.61 Å². The Morgan fingerprint density at radius 2 is 1.72 bits per heavy atom. The number of hydrogen-bond donors (Lipinski definition) is 0. The minimum absolute atomic E-state index is 0.502. The number of fused-ring (bicyclic) bond motifs is 1. The van der Waals surface area contributed by atoms with Crippen LogP contribution in [-0.4, -0.2) is 4.98 Å². The maximum atomic E-state index is 5.94. The van der Waals surface area contributed by atoms with Gasteiger partial charge in [0.15, 0.2) is 0 Å². The first-order chi connectivity index (χ1) is 12.3. The Bertz CT molecular complexity index is 834. The normalized spacial score (nSPS) is 16.2. The van der Waals surface area contributed by atoms with Gasteiger partial charge < -0.3 is 4.74 Å². The molecule has 0 aliphatic heterocycles. The van der Waals surface area contributed by atoms with Crippen molar-refractivity contribution in [1.29, 1.82) is 0 Å².